The van der Waals surface area contributed by atoms with E-state index in [2.05, 4.69) is 20.7 Å². The Bertz CT molecular complexity index is 528. The second-order valence-electron chi connectivity index (χ2n) is 4.27. The van der Waals surface area contributed by atoms with Gasteiger partial charge in [0.2, 0.25) is 5.91 Å². The van der Waals surface area contributed by atoms with E-state index in [9.17, 15) is 14.4 Å². The molecule has 1 aromatic heterocycles. The highest BCUT2D eigenvalue weighted by Gasteiger charge is 2.29. The number of carbonyl (C=O) groups is 3. The largest absolute Gasteiger partial charge is 0.370 e. The fraction of sp³-hybridized carbons (Fsp3) is 0.545. The number of hydrogen-bond donors (Lipinski definition) is 3. The van der Waals surface area contributed by atoms with E-state index in [1.54, 1.807) is 6.92 Å². The third-order valence-electron chi connectivity index (χ3n) is 2.77. The minimum atomic E-state index is -0.876. The molecule has 0 saturated heterocycles. The maximum absolute atomic E-state index is 12.2. The lowest BCUT2D eigenvalue weighted by Crippen LogP contribution is -2.36. The van der Waals surface area contributed by atoms with E-state index in [1.807, 2.05) is 0 Å². The summed E-state index contributed by atoms with van der Waals surface area (Å²) in [7, 11) is 1.42. The zero-order valence-electron chi connectivity index (χ0n) is 11.9. The van der Waals surface area contributed by atoms with Gasteiger partial charge in [0.05, 0.1) is 6.04 Å². The summed E-state index contributed by atoms with van der Waals surface area (Å²) in [5, 5.41) is 13.4. The summed E-state index contributed by atoms with van der Waals surface area (Å²) in [6, 6.07) is -1.45. The van der Waals surface area contributed by atoms with Gasteiger partial charge in [0.1, 0.15) is 5.92 Å². The van der Waals surface area contributed by atoms with Crippen LogP contribution in [0.2, 0.25) is 0 Å². The number of hydrogen-bond acceptors (Lipinski definition) is 7. The average Bonchev–Trinajstić information content (AvgIpc) is 2.94. The maximum atomic E-state index is 12.2. The lowest BCUT2D eigenvalue weighted by molar-refractivity contribution is -0.119. The minimum absolute atomic E-state index is 0.0161. The predicted octanol–water partition coefficient (Wildman–Crippen LogP) is -1.64. The van der Waals surface area contributed by atoms with Gasteiger partial charge < -0.3 is 16.8 Å². The second kappa shape index (κ2) is 7.43. The van der Waals surface area contributed by atoms with Gasteiger partial charge in [0, 0.05) is 13.5 Å². The van der Waals surface area contributed by atoms with E-state index in [0.29, 0.717) is 6.42 Å². The van der Waals surface area contributed by atoms with Gasteiger partial charge in [0.25, 0.3) is 0 Å². The van der Waals surface area contributed by atoms with Crippen molar-refractivity contribution in [2.75, 3.05) is 7.05 Å². The number of ketones is 1. The fourth-order valence-corrected chi connectivity index (χ4v) is 1.62. The van der Waals surface area contributed by atoms with Gasteiger partial charge in [-0.05, 0) is 18.1 Å². The van der Waals surface area contributed by atoms with Crippen molar-refractivity contribution in [1.82, 2.24) is 25.5 Å². The molecule has 10 nitrogen and oxygen atoms in total. The van der Waals surface area contributed by atoms with Crippen molar-refractivity contribution in [3.05, 3.63) is 11.7 Å². The summed E-state index contributed by atoms with van der Waals surface area (Å²) < 4.78 is 0. The first-order chi connectivity index (χ1) is 9.90. The topological polar surface area (TPSA) is 159 Å². The number of aromatic nitrogens is 4. The Balaban J connectivity index is 2.81. The zero-order valence-corrected chi connectivity index (χ0v) is 11.9. The van der Waals surface area contributed by atoms with Gasteiger partial charge in [-0.2, -0.15) is 0 Å². The molecule has 5 N–H and O–H groups in total. The molecular weight excluding hydrogens is 278 g/mol. The first kappa shape index (κ1) is 16.7. The van der Waals surface area contributed by atoms with Crippen LogP contribution in [0.3, 0.4) is 0 Å². The van der Waals surface area contributed by atoms with Crippen LogP contribution in [0.25, 0.3) is 0 Å². The standard InChI is InChI=1S/C11H18N7O3/c1-3-6(9(20)7(12)4-5-8(13)19)10-15-17-18(16-10)11(21)14-2/h7H,3-5,12H2,1-2H3,(H2,13,19)(H,14,21)/t7-/m0/s1. The molecule has 1 aromatic rings. The molecule has 0 unspecified atom stereocenters. The molecule has 1 rings (SSSR count). The summed E-state index contributed by atoms with van der Waals surface area (Å²) in [6.45, 7) is 1.73. The number of rotatable bonds is 7. The van der Waals surface area contributed by atoms with E-state index in [0.717, 1.165) is 4.80 Å². The highest BCUT2D eigenvalue weighted by Crippen LogP contribution is 2.17. The minimum Gasteiger partial charge on any atom is -0.370 e. The molecule has 0 bridgehead atoms. The van der Waals surface area contributed by atoms with Crippen molar-refractivity contribution in [3.8, 4) is 0 Å². The Morgan fingerprint density at radius 2 is 2.05 bits per heavy atom. The van der Waals surface area contributed by atoms with Crippen LogP contribution >= 0.6 is 0 Å². The SMILES string of the molecule is CC[C](C(=O)[C@@H](N)CCC(N)=O)c1nnn(C(=O)NC)n1. The van der Waals surface area contributed by atoms with Gasteiger partial charge in [0.15, 0.2) is 11.6 Å². The smallest absolute Gasteiger partial charge is 0.360 e. The number of amides is 2. The molecule has 0 aliphatic carbocycles. The molecule has 0 saturated carbocycles. The third-order valence-corrected chi connectivity index (χ3v) is 2.77. The third kappa shape index (κ3) is 4.31. The fourth-order valence-electron chi connectivity index (χ4n) is 1.62. The number of nitrogens with zero attached hydrogens (tertiary/aromatic N) is 4. The van der Waals surface area contributed by atoms with Crippen LogP contribution < -0.4 is 16.8 Å². The van der Waals surface area contributed by atoms with Crippen molar-refractivity contribution in [3.63, 3.8) is 0 Å². The van der Waals surface area contributed by atoms with Crippen molar-refractivity contribution in [1.29, 1.82) is 0 Å². The molecule has 10 heteroatoms. The Morgan fingerprint density at radius 3 is 2.57 bits per heavy atom. The number of primary amides is 1. The van der Waals surface area contributed by atoms with Gasteiger partial charge >= 0.3 is 6.03 Å². The van der Waals surface area contributed by atoms with E-state index >= 15 is 0 Å². The van der Waals surface area contributed by atoms with Crippen molar-refractivity contribution >= 4 is 17.7 Å². The summed E-state index contributed by atoms with van der Waals surface area (Å²) in [5.74, 6) is -0.627. The quantitative estimate of drug-likeness (QED) is 0.543. The van der Waals surface area contributed by atoms with Crippen LogP contribution in [0.4, 0.5) is 4.79 Å². The number of nitrogens with one attached hydrogen (secondary N) is 1. The van der Waals surface area contributed by atoms with E-state index in [4.69, 9.17) is 11.5 Å². The second-order valence-corrected chi connectivity index (χ2v) is 4.27. The van der Waals surface area contributed by atoms with E-state index < -0.39 is 23.8 Å². The van der Waals surface area contributed by atoms with Crippen LogP contribution in [-0.2, 0) is 9.59 Å². The molecular formula is C11H18N7O3. The van der Waals surface area contributed by atoms with Crippen LogP contribution in [-0.4, -0.2) is 51.0 Å². The van der Waals surface area contributed by atoms with Crippen LogP contribution in [0, 0.1) is 5.92 Å². The Labute approximate surface area is 121 Å². The monoisotopic (exact) mass is 296 g/mol. The van der Waals surface area contributed by atoms with E-state index in [1.165, 1.54) is 7.05 Å². The summed E-state index contributed by atoms with van der Waals surface area (Å²) in [4.78, 5) is 35.0. The van der Waals surface area contributed by atoms with Crippen LogP contribution in [0.15, 0.2) is 0 Å². The molecule has 21 heavy (non-hydrogen) atoms. The number of nitrogens with two attached hydrogens (primary N) is 2. The molecule has 1 atom stereocenters. The summed E-state index contributed by atoms with van der Waals surface area (Å²) >= 11 is 0. The number of tetrazole rings is 1. The highest BCUT2D eigenvalue weighted by atomic mass is 16.2. The summed E-state index contributed by atoms with van der Waals surface area (Å²) in [5.41, 5.74) is 10.7. The van der Waals surface area contributed by atoms with Crippen molar-refractivity contribution in [2.24, 2.45) is 11.5 Å². The molecule has 1 radical (unpaired) electrons. The number of Topliss-reactive ketones (excluding diaryl/α,β-unsaturated/α-hetero) is 1. The van der Waals surface area contributed by atoms with Crippen molar-refractivity contribution < 1.29 is 14.4 Å². The first-order valence-electron chi connectivity index (χ1n) is 6.37. The van der Waals surface area contributed by atoms with Gasteiger partial charge in [-0.1, -0.05) is 11.7 Å². The summed E-state index contributed by atoms with van der Waals surface area (Å²) in [6.07, 6.45) is 0.478. The lowest BCUT2D eigenvalue weighted by atomic mass is 9.93. The normalized spacial score (nSPS) is 12.2. The van der Waals surface area contributed by atoms with Gasteiger partial charge in [-0.25, -0.2) is 4.79 Å². The highest BCUT2D eigenvalue weighted by molar-refractivity contribution is 5.99. The van der Waals surface area contributed by atoms with Gasteiger partial charge in [-0.3, -0.25) is 9.59 Å². The zero-order chi connectivity index (χ0) is 16.0. The predicted molar refractivity (Wildman–Crippen MR) is 71.7 cm³/mol. The lowest BCUT2D eigenvalue weighted by Gasteiger charge is -2.14. The van der Waals surface area contributed by atoms with Gasteiger partial charge in [-0.15, -0.1) is 10.2 Å². The molecule has 1 heterocycles. The molecule has 0 spiro atoms. The molecule has 0 fully saturated rings. The van der Waals surface area contributed by atoms with Crippen molar-refractivity contribution in [2.45, 2.75) is 32.2 Å². The number of carbonyl (C=O) groups excluding carboxylic acids is 3. The Morgan fingerprint density at radius 1 is 1.38 bits per heavy atom. The molecule has 115 valence electrons. The average molecular weight is 296 g/mol. The van der Waals surface area contributed by atoms with Crippen LogP contribution in [0.5, 0.6) is 0 Å². The molecule has 0 aliphatic rings. The van der Waals surface area contributed by atoms with Crippen LogP contribution in [0.1, 0.15) is 32.0 Å². The Hall–Kier alpha value is -2.36. The molecule has 0 aliphatic heterocycles. The molecule has 2 amide bonds. The first-order valence-corrected chi connectivity index (χ1v) is 6.37. The Kier molecular flexibility index (Phi) is 5.91. The maximum Gasteiger partial charge on any atom is 0.360 e. The van der Waals surface area contributed by atoms with E-state index in [-0.39, 0.29) is 24.6 Å². The molecule has 0 aromatic carbocycles.